The Labute approximate surface area is 359 Å². The largest absolute Gasteiger partial charge is 0.305 e. The molecule has 3 heteroatoms. The molecule has 2 aromatic heterocycles. The second kappa shape index (κ2) is 18.5. The van der Waals surface area contributed by atoms with Gasteiger partial charge >= 0.3 is 0 Å². The topological polar surface area (TPSA) is 25.8 Å². The van der Waals surface area contributed by atoms with Crippen LogP contribution in [-0.2, 0) is 20.1 Å². The van der Waals surface area contributed by atoms with Crippen LogP contribution in [0, 0.1) is 12.1 Å². The molecule has 1 radical (unpaired) electrons. The molecule has 10 rings (SSSR count). The van der Waals surface area contributed by atoms with E-state index in [9.17, 15) is 0 Å². The average Bonchev–Trinajstić information content (AvgIpc) is 3.33. The first kappa shape index (κ1) is 38.8. The Morgan fingerprint density at radius 1 is 0.288 bits per heavy atom. The minimum Gasteiger partial charge on any atom is -0.305 e. The molecule has 0 bridgehead atoms. The molecule has 0 N–H and O–H groups in total. The summed E-state index contributed by atoms with van der Waals surface area (Å²) in [6.45, 7) is 0. The van der Waals surface area contributed by atoms with Gasteiger partial charge in [-0.3, -0.25) is 0 Å². The Kier molecular flexibility index (Phi) is 12.2. The average molecular weight is 931 g/mol. The Hall–Kier alpha value is -7.03. The minimum absolute atomic E-state index is 0. The van der Waals surface area contributed by atoms with E-state index in [1.165, 1.54) is 55.3 Å². The van der Waals surface area contributed by atoms with Gasteiger partial charge in [-0.25, -0.2) is 0 Å². The van der Waals surface area contributed by atoms with Gasteiger partial charge in [-0.1, -0.05) is 133 Å². The maximum absolute atomic E-state index is 4.56. The molecule has 0 fully saturated rings. The summed E-state index contributed by atoms with van der Waals surface area (Å²) in [4.78, 5) is 8.77. The minimum atomic E-state index is 0. The molecule has 0 atom stereocenters. The Balaban J connectivity index is 0.000000319. The van der Waals surface area contributed by atoms with Crippen LogP contribution in [0.3, 0.4) is 0 Å². The predicted octanol–water partition coefficient (Wildman–Crippen LogP) is 14.6. The van der Waals surface area contributed by atoms with Crippen molar-refractivity contribution < 1.29 is 20.1 Å². The van der Waals surface area contributed by atoms with E-state index in [1.54, 1.807) is 6.20 Å². The molecule has 283 valence electrons. The van der Waals surface area contributed by atoms with E-state index >= 15 is 0 Å². The standard InChI is InChI=1S/C45H30N.C11H8N.Ir/c1-4-14-32(15-5-1)39-28-41(34-18-8-3-9-19-34)43-30-40(33-16-6-2-7-17-33)29-42(44(43)31-39)37-22-12-20-35(26-37)36-21-13-23-38(27-36)45-24-10-11-25-46-45;1-2-6-10(7-3-1)11-8-4-5-9-12-11;/h1-22,24-31H;1-6,8-9H;/q2*-1;. The van der Waals surface area contributed by atoms with Crippen LogP contribution in [0.4, 0.5) is 0 Å². The van der Waals surface area contributed by atoms with Gasteiger partial charge in [0.05, 0.1) is 0 Å². The van der Waals surface area contributed by atoms with Crippen molar-refractivity contribution in [2.75, 3.05) is 0 Å². The molecule has 0 aliphatic carbocycles. The van der Waals surface area contributed by atoms with Crippen LogP contribution in [0.5, 0.6) is 0 Å². The molecular formula is C56H38IrN2-2. The van der Waals surface area contributed by atoms with E-state index in [2.05, 4.69) is 174 Å². The van der Waals surface area contributed by atoms with Crippen LogP contribution in [-0.4, -0.2) is 9.97 Å². The molecule has 0 saturated heterocycles. The SMILES string of the molecule is [Ir].[c-]1ccc(-c2cccc(-c3cc(-c4ccccc4)cc4c(-c5ccccc5)cc(-c5ccccc5)cc34)c2)cc1-c1ccccn1.[c-]1ccccc1-c1ccccn1. The van der Waals surface area contributed by atoms with Crippen molar-refractivity contribution in [3.05, 3.63) is 243 Å². The summed E-state index contributed by atoms with van der Waals surface area (Å²) in [6.07, 6.45) is 3.62. The number of rotatable bonds is 7. The number of hydrogen-bond donors (Lipinski definition) is 0. The van der Waals surface area contributed by atoms with Gasteiger partial charge in [0.1, 0.15) is 0 Å². The first-order valence-electron chi connectivity index (χ1n) is 19.5. The molecule has 10 aromatic rings. The Bertz CT molecular complexity index is 2860. The van der Waals surface area contributed by atoms with Crippen LogP contribution < -0.4 is 0 Å². The van der Waals surface area contributed by atoms with Gasteiger partial charge < -0.3 is 9.97 Å². The summed E-state index contributed by atoms with van der Waals surface area (Å²) in [7, 11) is 0. The smallest absolute Gasteiger partial charge is 0.0160 e. The Morgan fingerprint density at radius 3 is 1.32 bits per heavy atom. The van der Waals surface area contributed by atoms with Gasteiger partial charge in [-0.05, 0) is 115 Å². The fourth-order valence-electron chi connectivity index (χ4n) is 7.41. The molecule has 0 aliphatic rings. The van der Waals surface area contributed by atoms with Crippen molar-refractivity contribution in [1.29, 1.82) is 0 Å². The Morgan fingerprint density at radius 2 is 0.763 bits per heavy atom. The van der Waals surface area contributed by atoms with Gasteiger partial charge in [-0.2, -0.15) is 0 Å². The van der Waals surface area contributed by atoms with E-state index < -0.39 is 0 Å². The molecule has 0 aliphatic heterocycles. The molecule has 0 amide bonds. The van der Waals surface area contributed by atoms with Crippen LogP contribution in [0.15, 0.2) is 231 Å². The first-order valence-corrected chi connectivity index (χ1v) is 19.5. The number of benzene rings is 8. The molecule has 0 spiro atoms. The van der Waals surface area contributed by atoms with Gasteiger partial charge in [-0.15, -0.1) is 71.3 Å². The van der Waals surface area contributed by atoms with E-state index in [-0.39, 0.29) is 20.1 Å². The maximum Gasteiger partial charge on any atom is 0.0160 e. The summed E-state index contributed by atoms with van der Waals surface area (Å²) >= 11 is 0. The van der Waals surface area contributed by atoms with Crippen molar-refractivity contribution in [1.82, 2.24) is 9.97 Å². The third-order valence-electron chi connectivity index (χ3n) is 10.3. The zero-order chi connectivity index (χ0) is 38.9. The van der Waals surface area contributed by atoms with E-state index in [4.69, 9.17) is 0 Å². The van der Waals surface area contributed by atoms with Gasteiger partial charge in [0.2, 0.25) is 0 Å². The summed E-state index contributed by atoms with van der Waals surface area (Å²) in [5.41, 5.74) is 15.8. The van der Waals surface area contributed by atoms with Crippen LogP contribution >= 0.6 is 0 Å². The molecule has 2 nitrogen and oxygen atoms in total. The number of hydrogen-bond acceptors (Lipinski definition) is 2. The maximum atomic E-state index is 4.56. The number of fused-ring (bicyclic) bond motifs is 1. The monoisotopic (exact) mass is 931 g/mol. The van der Waals surface area contributed by atoms with Crippen molar-refractivity contribution in [3.8, 4) is 78.1 Å². The molecule has 0 saturated carbocycles. The fourth-order valence-corrected chi connectivity index (χ4v) is 7.41. The van der Waals surface area contributed by atoms with E-state index in [0.29, 0.717) is 0 Å². The van der Waals surface area contributed by atoms with Crippen LogP contribution in [0.2, 0.25) is 0 Å². The quantitative estimate of drug-likeness (QED) is 0.149. The third-order valence-corrected chi connectivity index (χ3v) is 10.3. The second-order valence-electron chi connectivity index (χ2n) is 14.0. The van der Waals surface area contributed by atoms with Crippen molar-refractivity contribution in [2.24, 2.45) is 0 Å². The summed E-state index contributed by atoms with van der Waals surface area (Å²) < 4.78 is 0. The van der Waals surface area contributed by atoms with Gasteiger partial charge in [0.15, 0.2) is 0 Å². The zero-order valence-electron chi connectivity index (χ0n) is 32.2. The number of nitrogens with zero attached hydrogens (tertiary/aromatic N) is 2. The normalized spacial score (nSPS) is 10.6. The summed E-state index contributed by atoms with van der Waals surface area (Å²) in [5, 5.41) is 2.46. The molecule has 0 unspecified atom stereocenters. The van der Waals surface area contributed by atoms with Crippen LogP contribution in [0.1, 0.15) is 0 Å². The second-order valence-corrected chi connectivity index (χ2v) is 14.0. The predicted molar refractivity (Wildman–Crippen MR) is 242 cm³/mol. The summed E-state index contributed by atoms with van der Waals surface area (Å²) in [5.74, 6) is 0. The van der Waals surface area contributed by atoms with Crippen molar-refractivity contribution in [3.63, 3.8) is 0 Å². The molecule has 59 heavy (non-hydrogen) atoms. The van der Waals surface area contributed by atoms with E-state index in [1.807, 2.05) is 72.9 Å². The first-order chi connectivity index (χ1) is 28.8. The number of pyridine rings is 2. The van der Waals surface area contributed by atoms with Gasteiger partial charge in [0, 0.05) is 32.5 Å². The number of aromatic nitrogens is 2. The van der Waals surface area contributed by atoms with Crippen molar-refractivity contribution in [2.45, 2.75) is 0 Å². The van der Waals surface area contributed by atoms with E-state index in [0.717, 1.165) is 33.6 Å². The zero-order valence-corrected chi connectivity index (χ0v) is 34.6. The molecule has 2 heterocycles. The van der Waals surface area contributed by atoms with Crippen LogP contribution in [0.25, 0.3) is 88.9 Å². The van der Waals surface area contributed by atoms with Gasteiger partial charge in [0.25, 0.3) is 0 Å². The molecule has 8 aromatic carbocycles. The van der Waals surface area contributed by atoms with Crippen molar-refractivity contribution >= 4 is 10.8 Å². The third kappa shape index (κ3) is 8.93. The molecular weight excluding hydrogens is 893 g/mol. The fraction of sp³-hybridized carbons (Fsp3) is 0. The summed E-state index contributed by atoms with van der Waals surface area (Å²) in [6, 6.07) is 83.0.